The highest BCUT2D eigenvalue weighted by molar-refractivity contribution is 6.36. The zero-order valence-electron chi connectivity index (χ0n) is 21.4. The molecule has 1 aliphatic heterocycles. The number of rotatable bonds is 8. The number of imide groups is 1. The highest BCUT2D eigenvalue weighted by Crippen LogP contribution is 2.28. The smallest absolute Gasteiger partial charge is 0.358 e. The summed E-state index contributed by atoms with van der Waals surface area (Å²) >= 11 is 0. The van der Waals surface area contributed by atoms with E-state index >= 15 is 0 Å². The predicted molar refractivity (Wildman–Crippen MR) is 147 cm³/mol. The van der Waals surface area contributed by atoms with E-state index in [2.05, 4.69) is 9.98 Å². The van der Waals surface area contributed by atoms with Gasteiger partial charge in [0.2, 0.25) is 17.7 Å². The van der Waals surface area contributed by atoms with Crippen molar-refractivity contribution in [3.8, 4) is 17.4 Å². The van der Waals surface area contributed by atoms with Crippen LogP contribution in [-0.4, -0.2) is 45.7 Å². The zero-order chi connectivity index (χ0) is 27.8. The van der Waals surface area contributed by atoms with Crippen molar-refractivity contribution in [1.29, 1.82) is 0 Å². The summed E-state index contributed by atoms with van der Waals surface area (Å²) in [5, 5.41) is 10.9. The van der Waals surface area contributed by atoms with Crippen LogP contribution >= 0.6 is 0 Å². The SMILES string of the molecule is CCOC1=NC(=O)N(c2ccccc2)C(=O)C1=CC=CC=Cc1c(OCC)nc(=O)n(-c2ccccc2)c1O. The van der Waals surface area contributed by atoms with Gasteiger partial charge in [-0.1, -0.05) is 54.6 Å². The number of para-hydroxylation sites is 2. The van der Waals surface area contributed by atoms with E-state index < -0.39 is 17.6 Å². The van der Waals surface area contributed by atoms with Crippen LogP contribution in [0.3, 0.4) is 0 Å². The Hall–Kier alpha value is -5.25. The molecule has 2 aromatic carbocycles. The summed E-state index contributed by atoms with van der Waals surface area (Å²) < 4.78 is 12.0. The number of anilines is 1. The number of carbonyl (C=O) groups is 2. The zero-order valence-corrected chi connectivity index (χ0v) is 21.4. The fourth-order valence-electron chi connectivity index (χ4n) is 3.76. The second-order valence-electron chi connectivity index (χ2n) is 7.97. The van der Waals surface area contributed by atoms with Crippen molar-refractivity contribution < 1.29 is 24.2 Å². The Morgan fingerprint density at radius 1 is 0.846 bits per heavy atom. The molecule has 39 heavy (non-hydrogen) atoms. The van der Waals surface area contributed by atoms with Crippen molar-refractivity contribution in [3.63, 3.8) is 0 Å². The lowest BCUT2D eigenvalue weighted by molar-refractivity contribution is -0.114. The number of carbonyl (C=O) groups excluding carboxylic acids is 2. The molecule has 10 heteroatoms. The molecule has 0 aliphatic carbocycles. The van der Waals surface area contributed by atoms with Gasteiger partial charge in [-0.3, -0.25) is 4.79 Å². The van der Waals surface area contributed by atoms with Crippen molar-refractivity contribution >= 4 is 29.6 Å². The van der Waals surface area contributed by atoms with Gasteiger partial charge in [0, 0.05) is 0 Å². The van der Waals surface area contributed by atoms with Crippen LogP contribution in [0.1, 0.15) is 19.4 Å². The largest absolute Gasteiger partial charge is 0.494 e. The number of nitrogens with zero attached hydrogens (tertiary/aromatic N) is 4. The van der Waals surface area contributed by atoms with E-state index in [1.54, 1.807) is 92.7 Å². The fraction of sp³-hybridized carbons (Fsp3) is 0.138. The van der Waals surface area contributed by atoms with E-state index in [1.807, 2.05) is 0 Å². The summed E-state index contributed by atoms with van der Waals surface area (Å²) in [5.74, 6) is -0.990. The number of benzene rings is 2. The first kappa shape index (κ1) is 26.8. The third kappa shape index (κ3) is 5.85. The Morgan fingerprint density at radius 3 is 2.13 bits per heavy atom. The van der Waals surface area contributed by atoms with Gasteiger partial charge in [0.15, 0.2) is 0 Å². The van der Waals surface area contributed by atoms with Gasteiger partial charge in [0.25, 0.3) is 5.91 Å². The Balaban J connectivity index is 1.66. The molecule has 3 aromatic rings. The monoisotopic (exact) mass is 526 g/mol. The normalized spacial score (nSPS) is 14.9. The second kappa shape index (κ2) is 12.3. The molecule has 0 saturated carbocycles. The summed E-state index contributed by atoms with van der Waals surface area (Å²) in [6, 6.07) is 16.4. The molecule has 4 rings (SSSR count). The van der Waals surface area contributed by atoms with Gasteiger partial charge < -0.3 is 14.6 Å². The quantitative estimate of drug-likeness (QED) is 0.340. The van der Waals surface area contributed by atoms with Crippen LogP contribution in [-0.2, 0) is 9.53 Å². The third-order valence-electron chi connectivity index (χ3n) is 5.46. The number of hydrogen-bond acceptors (Lipinski definition) is 7. The van der Waals surface area contributed by atoms with Crippen LogP contribution in [0.25, 0.3) is 11.8 Å². The second-order valence-corrected chi connectivity index (χ2v) is 7.97. The molecule has 0 saturated heterocycles. The molecule has 1 aliphatic rings. The molecule has 1 N–H and O–H groups in total. The first-order valence-electron chi connectivity index (χ1n) is 12.2. The molecule has 3 amide bonds. The van der Waals surface area contributed by atoms with Crippen LogP contribution in [0, 0.1) is 0 Å². The Kier molecular flexibility index (Phi) is 8.47. The van der Waals surface area contributed by atoms with Crippen molar-refractivity contribution in [2.24, 2.45) is 4.99 Å². The van der Waals surface area contributed by atoms with Gasteiger partial charge in [-0.05, 0) is 50.3 Å². The number of allylic oxidation sites excluding steroid dienone is 4. The first-order valence-corrected chi connectivity index (χ1v) is 12.2. The van der Waals surface area contributed by atoms with Crippen LogP contribution in [0.2, 0.25) is 0 Å². The molecule has 198 valence electrons. The minimum atomic E-state index is -0.740. The van der Waals surface area contributed by atoms with Crippen LogP contribution in [0.15, 0.2) is 100 Å². The summed E-state index contributed by atoms with van der Waals surface area (Å²) in [5.41, 5.74) is 0.449. The average molecular weight is 527 g/mol. The molecular formula is C29H26N4O6. The van der Waals surface area contributed by atoms with E-state index in [4.69, 9.17) is 9.47 Å². The Morgan fingerprint density at radius 2 is 1.49 bits per heavy atom. The van der Waals surface area contributed by atoms with Crippen molar-refractivity contribution in [3.05, 3.63) is 107 Å². The van der Waals surface area contributed by atoms with Crippen molar-refractivity contribution in [1.82, 2.24) is 9.55 Å². The lowest BCUT2D eigenvalue weighted by Gasteiger charge is -2.24. The maximum atomic E-state index is 13.2. The molecule has 0 spiro atoms. The third-order valence-corrected chi connectivity index (χ3v) is 5.46. The first-order chi connectivity index (χ1) is 19.0. The van der Waals surface area contributed by atoms with Crippen molar-refractivity contribution in [2.75, 3.05) is 18.1 Å². The molecule has 0 unspecified atom stereocenters. The Labute approximate surface area is 224 Å². The Bertz CT molecular complexity index is 1540. The lowest BCUT2D eigenvalue weighted by Crippen LogP contribution is -2.43. The standard InChI is InChI=1S/C29H26N4O6/c1-3-38-24-22(26(34)32(28(36)30-24)20-14-8-5-9-15-20)18-12-7-13-19-23-25(39-4-2)31-29(37)33(27(23)35)21-16-10-6-11-17-21/h5-19,34H,3-4H2,1-2H3. The van der Waals surface area contributed by atoms with E-state index in [-0.39, 0.29) is 42.0 Å². The fourth-order valence-corrected chi connectivity index (χ4v) is 3.76. The summed E-state index contributed by atoms with van der Waals surface area (Å²) in [6.45, 7) is 3.92. The van der Waals surface area contributed by atoms with Crippen molar-refractivity contribution in [2.45, 2.75) is 13.8 Å². The number of aromatic hydroxyl groups is 1. The topological polar surface area (TPSA) is 123 Å². The predicted octanol–water partition coefficient (Wildman–Crippen LogP) is 4.43. The van der Waals surface area contributed by atoms with Gasteiger partial charge in [0.05, 0.1) is 30.2 Å². The minimum Gasteiger partial charge on any atom is -0.494 e. The summed E-state index contributed by atoms with van der Waals surface area (Å²) in [4.78, 5) is 47.3. The van der Waals surface area contributed by atoms with Crippen LogP contribution in [0.5, 0.6) is 11.8 Å². The molecule has 2 heterocycles. The summed E-state index contributed by atoms with van der Waals surface area (Å²) in [7, 11) is 0. The van der Waals surface area contributed by atoms with Gasteiger partial charge >= 0.3 is 11.7 Å². The molecular weight excluding hydrogens is 500 g/mol. The van der Waals surface area contributed by atoms with E-state index in [0.29, 0.717) is 11.4 Å². The number of hydrogen-bond donors (Lipinski definition) is 1. The highest BCUT2D eigenvalue weighted by atomic mass is 16.5. The molecule has 0 bridgehead atoms. The minimum absolute atomic E-state index is 0.0135. The van der Waals surface area contributed by atoms with Gasteiger partial charge in [-0.25, -0.2) is 19.1 Å². The number of amides is 3. The summed E-state index contributed by atoms with van der Waals surface area (Å²) in [6.07, 6.45) is 7.76. The van der Waals surface area contributed by atoms with Crippen LogP contribution in [0.4, 0.5) is 10.5 Å². The van der Waals surface area contributed by atoms with E-state index in [9.17, 15) is 19.5 Å². The van der Waals surface area contributed by atoms with Crippen LogP contribution < -0.4 is 15.3 Å². The molecule has 1 aromatic heterocycles. The number of aromatic nitrogens is 2. The lowest BCUT2D eigenvalue weighted by atomic mass is 10.1. The molecule has 0 atom stereocenters. The molecule has 0 fully saturated rings. The number of ether oxygens (including phenoxy) is 2. The molecule has 10 nitrogen and oxygen atoms in total. The van der Waals surface area contributed by atoms with E-state index in [0.717, 1.165) is 9.47 Å². The van der Waals surface area contributed by atoms with Gasteiger partial charge in [0.1, 0.15) is 5.57 Å². The number of aliphatic imine (C=N–C) groups is 1. The van der Waals surface area contributed by atoms with Gasteiger partial charge in [-0.15, -0.1) is 0 Å². The molecule has 0 radical (unpaired) electrons. The van der Waals surface area contributed by atoms with Gasteiger partial charge in [-0.2, -0.15) is 9.98 Å². The number of urea groups is 1. The maximum absolute atomic E-state index is 13.2. The maximum Gasteiger partial charge on any atom is 0.358 e. The highest BCUT2D eigenvalue weighted by Gasteiger charge is 2.34. The van der Waals surface area contributed by atoms with E-state index in [1.165, 1.54) is 12.2 Å². The average Bonchev–Trinajstić information content (AvgIpc) is 2.93.